The van der Waals surface area contributed by atoms with E-state index in [2.05, 4.69) is 10.1 Å². The van der Waals surface area contributed by atoms with Gasteiger partial charge in [-0.2, -0.15) is 9.50 Å². The maximum Gasteiger partial charge on any atom is 0.308 e. The zero-order valence-electron chi connectivity index (χ0n) is 17.2. The summed E-state index contributed by atoms with van der Waals surface area (Å²) in [6.45, 7) is 2.46. The van der Waals surface area contributed by atoms with E-state index in [-0.39, 0.29) is 27.5 Å². The topological polar surface area (TPSA) is 143 Å². The lowest BCUT2D eigenvalue weighted by atomic mass is 10.2. The summed E-state index contributed by atoms with van der Waals surface area (Å²) in [5, 5.41) is 15.2. The van der Waals surface area contributed by atoms with Gasteiger partial charge in [0.1, 0.15) is 11.5 Å². The molecule has 12 heteroatoms. The van der Waals surface area contributed by atoms with E-state index in [1.807, 2.05) is 0 Å². The molecule has 0 saturated heterocycles. The van der Waals surface area contributed by atoms with Crippen LogP contribution in [0.4, 0.5) is 5.69 Å². The van der Waals surface area contributed by atoms with Crippen molar-refractivity contribution in [2.45, 2.75) is 13.8 Å². The Morgan fingerprint density at radius 2 is 1.88 bits per heavy atom. The third-order valence-electron chi connectivity index (χ3n) is 4.28. The van der Waals surface area contributed by atoms with Crippen molar-refractivity contribution < 1.29 is 24.0 Å². The summed E-state index contributed by atoms with van der Waals surface area (Å²) in [6, 6.07) is 10.2. The van der Waals surface area contributed by atoms with Gasteiger partial charge >= 0.3 is 11.9 Å². The summed E-state index contributed by atoms with van der Waals surface area (Å²) < 4.78 is 11.6. The number of hydrogen-bond donors (Lipinski definition) is 0. The number of thiazole rings is 1. The number of benzene rings is 2. The van der Waals surface area contributed by atoms with E-state index >= 15 is 0 Å². The Morgan fingerprint density at radius 3 is 2.55 bits per heavy atom. The Balaban J connectivity index is 1.76. The van der Waals surface area contributed by atoms with Crippen LogP contribution < -0.4 is 19.6 Å². The number of rotatable bonds is 5. The molecule has 0 aliphatic heterocycles. The molecule has 33 heavy (non-hydrogen) atoms. The van der Waals surface area contributed by atoms with Crippen molar-refractivity contribution >= 4 is 40.0 Å². The molecule has 0 radical (unpaired) electrons. The fourth-order valence-corrected chi connectivity index (χ4v) is 3.86. The van der Waals surface area contributed by atoms with Crippen molar-refractivity contribution in [3.63, 3.8) is 0 Å². The lowest BCUT2D eigenvalue weighted by Gasteiger charge is -2.08. The SMILES string of the molecule is CC(=O)Oc1ccc(C=c2sc3nc(-c4cccc([N+](=O)[O-])c4)nn3c2=O)c(OC(C)=O)c1. The van der Waals surface area contributed by atoms with Crippen molar-refractivity contribution in [2.24, 2.45) is 0 Å². The molecule has 0 aliphatic rings. The maximum absolute atomic E-state index is 12.9. The van der Waals surface area contributed by atoms with Gasteiger partial charge in [-0.3, -0.25) is 24.5 Å². The molecule has 0 spiro atoms. The second-order valence-electron chi connectivity index (χ2n) is 6.74. The van der Waals surface area contributed by atoms with Crippen LogP contribution in [-0.4, -0.2) is 31.5 Å². The smallest absolute Gasteiger partial charge is 0.308 e. The summed E-state index contributed by atoms with van der Waals surface area (Å²) in [7, 11) is 0. The highest BCUT2D eigenvalue weighted by atomic mass is 32.1. The molecule has 11 nitrogen and oxygen atoms in total. The van der Waals surface area contributed by atoms with Crippen LogP contribution in [0.15, 0.2) is 47.3 Å². The number of carbonyl (C=O) groups is 2. The number of nitrogens with zero attached hydrogens (tertiary/aromatic N) is 4. The van der Waals surface area contributed by atoms with E-state index in [4.69, 9.17) is 9.47 Å². The van der Waals surface area contributed by atoms with Crippen LogP contribution in [0, 0.1) is 10.1 Å². The number of ether oxygens (including phenoxy) is 2. The van der Waals surface area contributed by atoms with Gasteiger partial charge in [0.05, 0.1) is 9.46 Å². The molecule has 0 N–H and O–H groups in total. The molecular weight excluding hydrogens is 452 g/mol. The molecule has 0 aliphatic carbocycles. The number of esters is 2. The Kier molecular flexibility index (Phi) is 5.67. The van der Waals surface area contributed by atoms with Gasteiger partial charge < -0.3 is 9.47 Å². The first-order chi connectivity index (χ1) is 15.7. The molecule has 0 atom stereocenters. The van der Waals surface area contributed by atoms with Crippen LogP contribution >= 0.6 is 11.3 Å². The average Bonchev–Trinajstić information content (AvgIpc) is 3.29. The van der Waals surface area contributed by atoms with Crippen LogP contribution in [0.1, 0.15) is 19.4 Å². The largest absolute Gasteiger partial charge is 0.427 e. The minimum absolute atomic E-state index is 0.108. The molecule has 0 amide bonds. The average molecular weight is 466 g/mol. The van der Waals surface area contributed by atoms with Crippen LogP contribution in [0.3, 0.4) is 0 Å². The van der Waals surface area contributed by atoms with Gasteiger partial charge in [0.2, 0.25) is 4.96 Å². The van der Waals surface area contributed by atoms with E-state index in [1.165, 1.54) is 50.3 Å². The van der Waals surface area contributed by atoms with E-state index in [0.29, 0.717) is 16.1 Å². The first-order valence-electron chi connectivity index (χ1n) is 9.38. The molecule has 2 heterocycles. The van der Waals surface area contributed by atoms with E-state index < -0.39 is 22.4 Å². The fraction of sp³-hybridized carbons (Fsp3) is 0.0952. The van der Waals surface area contributed by atoms with Crippen LogP contribution in [0.25, 0.3) is 22.4 Å². The molecular formula is C21H14N4O7S. The van der Waals surface area contributed by atoms with Gasteiger partial charge in [-0.15, -0.1) is 5.10 Å². The van der Waals surface area contributed by atoms with Crippen molar-refractivity contribution in [1.29, 1.82) is 0 Å². The summed E-state index contributed by atoms with van der Waals surface area (Å²) in [4.78, 5) is 50.6. The predicted octanol–water partition coefficient (Wildman–Crippen LogP) is 2.12. The maximum atomic E-state index is 12.9. The monoisotopic (exact) mass is 466 g/mol. The molecule has 4 aromatic rings. The lowest BCUT2D eigenvalue weighted by molar-refractivity contribution is -0.384. The van der Waals surface area contributed by atoms with Crippen LogP contribution in [0.2, 0.25) is 0 Å². The van der Waals surface area contributed by atoms with Gasteiger partial charge in [0.15, 0.2) is 5.82 Å². The number of nitro benzene ring substituents is 1. The quantitative estimate of drug-likeness (QED) is 0.187. The van der Waals surface area contributed by atoms with Crippen LogP contribution in [0.5, 0.6) is 11.5 Å². The zero-order chi connectivity index (χ0) is 23.7. The van der Waals surface area contributed by atoms with Gasteiger partial charge in [-0.1, -0.05) is 23.5 Å². The highest BCUT2D eigenvalue weighted by Crippen LogP contribution is 2.26. The first kappa shape index (κ1) is 21.8. The minimum Gasteiger partial charge on any atom is -0.427 e. The van der Waals surface area contributed by atoms with Crippen LogP contribution in [-0.2, 0) is 9.59 Å². The Morgan fingerprint density at radius 1 is 1.12 bits per heavy atom. The molecule has 4 rings (SSSR count). The van der Waals surface area contributed by atoms with E-state index in [1.54, 1.807) is 12.1 Å². The highest BCUT2D eigenvalue weighted by molar-refractivity contribution is 7.15. The number of carbonyl (C=O) groups excluding carboxylic acids is 2. The molecule has 166 valence electrons. The second-order valence-corrected chi connectivity index (χ2v) is 7.75. The normalized spacial score (nSPS) is 11.5. The summed E-state index contributed by atoms with van der Waals surface area (Å²) in [5.74, 6) is -0.650. The third kappa shape index (κ3) is 4.60. The first-order valence-corrected chi connectivity index (χ1v) is 10.2. The lowest BCUT2D eigenvalue weighted by Crippen LogP contribution is -2.23. The number of nitro groups is 1. The molecule has 2 aromatic carbocycles. The Labute approximate surface area is 188 Å². The Hall–Kier alpha value is -4.45. The van der Waals surface area contributed by atoms with Gasteiger partial charge in [-0.05, 0) is 18.2 Å². The summed E-state index contributed by atoms with van der Waals surface area (Å²) in [5.41, 5.74) is 0.235. The van der Waals surface area contributed by atoms with Gasteiger partial charge in [0.25, 0.3) is 11.2 Å². The van der Waals surface area contributed by atoms with Gasteiger partial charge in [0, 0.05) is 43.2 Å². The predicted molar refractivity (Wildman–Crippen MR) is 117 cm³/mol. The van der Waals surface area contributed by atoms with Gasteiger partial charge in [-0.25, -0.2) is 0 Å². The molecule has 0 saturated carbocycles. The van der Waals surface area contributed by atoms with E-state index in [9.17, 15) is 24.5 Å². The number of non-ortho nitro benzene ring substituents is 1. The minimum atomic E-state index is -0.587. The highest BCUT2D eigenvalue weighted by Gasteiger charge is 2.15. The molecule has 0 unspecified atom stereocenters. The Bertz CT molecular complexity index is 1540. The number of aromatic nitrogens is 3. The van der Waals surface area contributed by atoms with Crippen molar-refractivity contribution in [1.82, 2.24) is 14.6 Å². The fourth-order valence-electron chi connectivity index (χ4n) is 2.96. The number of fused-ring (bicyclic) bond motifs is 1. The second kappa shape index (κ2) is 8.59. The third-order valence-corrected chi connectivity index (χ3v) is 5.24. The van der Waals surface area contributed by atoms with Crippen molar-refractivity contribution in [3.8, 4) is 22.9 Å². The number of hydrogen-bond acceptors (Lipinski definition) is 10. The molecule has 2 aromatic heterocycles. The summed E-state index contributed by atoms with van der Waals surface area (Å²) >= 11 is 1.05. The molecule has 0 fully saturated rings. The standard InChI is InChI=1S/C21H14N4O7S/c1-11(26)31-16-7-6-13(17(10-16)32-12(2)27)9-18-20(28)24-21(33-18)22-19(23-24)14-4-3-5-15(8-14)25(29)30/h3-10H,1-2H3. The van der Waals surface area contributed by atoms with E-state index in [0.717, 1.165) is 15.9 Å². The van der Waals surface area contributed by atoms with Crippen molar-refractivity contribution in [3.05, 3.63) is 73.0 Å². The summed E-state index contributed by atoms with van der Waals surface area (Å²) in [6.07, 6.45) is 1.51. The molecule has 0 bridgehead atoms. The van der Waals surface area contributed by atoms with Crippen molar-refractivity contribution in [2.75, 3.05) is 0 Å². The zero-order valence-corrected chi connectivity index (χ0v) is 18.0.